The monoisotopic (exact) mass is 220 g/mol. The van der Waals surface area contributed by atoms with Gasteiger partial charge in [0.2, 0.25) is 5.91 Å². The molecular formula is C13H20N2O. The molecule has 0 fully saturated rings. The molecule has 0 saturated heterocycles. The molecule has 0 aliphatic carbocycles. The Labute approximate surface area is 97.2 Å². The predicted octanol–water partition coefficient (Wildman–Crippen LogP) is 1.53. The molecule has 2 N–H and O–H groups in total. The molecule has 88 valence electrons. The fraction of sp³-hybridized carbons (Fsp3) is 0.462. The van der Waals surface area contributed by atoms with Gasteiger partial charge in [0.15, 0.2) is 0 Å². The fourth-order valence-electron chi connectivity index (χ4n) is 1.75. The Morgan fingerprint density at radius 2 is 1.81 bits per heavy atom. The van der Waals surface area contributed by atoms with Crippen LogP contribution in [0.4, 0.5) is 0 Å². The highest BCUT2D eigenvalue weighted by Crippen LogP contribution is 2.08. The maximum Gasteiger partial charge on any atom is 0.233 e. The van der Waals surface area contributed by atoms with Crippen LogP contribution in [0.15, 0.2) is 18.2 Å². The van der Waals surface area contributed by atoms with E-state index in [-0.39, 0.29) is 5.91 Å². The Hall–Kier alpha value is -1.35. The second-order valence-corrected chi connectivity index (χ2v) is 4.05. The Bertz CT molecular complexity index is 341. The number of nitrogens with one attached hydrogen (secondary N) is 2. The first-order chi connectivity index (χ1) is 7.61. The van der Waals surface area contributed by atoms with Crippen LogP contribution in [-0.4, -0.2) is 19.0 Å². The average Bonchev–Trinajstić information content (AvgIpc) is 2.16. The van der Waals surface area contributed by atoms with E-state index in [1.807, 2.05) is 6.92 Å². The summed E-state index contributed by atoms with van der Waals surface area (Å²) in [4.78, 5) is 11.2. The van der Waals surface area contributed by atoms with Crippen molar-refractivity contribution in [1.82, 2.24) is 10.6 Å². The molecule has 0 radical (unpaired) electrons. The largest absolute Gasteiger partial charge is 0.355 e. The average molecular weight is 220 g/mol. The van der Waals surface area contributed by atoms with Crippen LogP contribution in [0.25, 0.3) is 0 Å². The van der Waals surface area contributed by atoms with Crippen LogP contribution in [0.3, 0.4) is 0 Å². The third-order valence-corrected chi connectivity index (χ3v) is 2.27. The lowest BCUT2D eigenvalue weighted by atomic mass is 10.1. The molecule has 0 aliphatic heterocycles. The van der Waals surface area contributed by atoms with Gasteiger partial charge in [-0.25, -0.2) is 0 Å². The molecule has 0 aromatic heterocycles. The van der Waals surface area contributed by atoms with Gasteiger partial charge in [0.25, 0.3) is 0 Å². The minimum atomic E-state index is 0.0480. The third kappa shape index (κ3) is 4.45. The summed E-state index contributed by atoms with van der Waals surface area (Å²) in [5.74, 6) is 0.0480. The minimum absolute atomic E-state index is 0.0480. The minimum Gasteiger partial charge on any atom is -0.355 e. The molecule has 3 nitrogen and oxygen atoms in total. The molecule has 0 atom stereocenters. The van der Waals surface area contributed by atoms with Crippen LogP contribution in [-0.2, 0) is 11.3 Å². The number of aryl methyl sites for hydroxylation is 2. The smallest absolute Gasteiger partial charge is 0.233 e. The van der Waals surface area contributed by atoms with Crippen molar-refractivity contribution in [3.63, 3.8) is 0 Å². The lowest BCUT2D eigenvalue weighted by molar-refractivity contribution is -0.120. The number of amides is 1. The number of benzene rings is 1. The molecule has 0 aliphatic rings. The van der Waals surface area contributed by atoms with Crippen molar-refractivity contribution in [2.75, 3.05) is 13.1 Å². The molecule has 0 spiro atoms. The zero-order chi connectivity index (χ0) is 12.0. The first-order valence-electron chi connectivity index (χ1n) is 5.66. The Morgan fingerprint density at radius 1 is 1.19 bits per heavy atom. The van der Waals surface area contributed by atoms with E-state index in [0.717, 1.165) is 6.54 Å². The molecule has 0 saturated carbocycles. The summed E-state index contributed by atoms with van der Waals surface area (Å²) in [7, 11) is 0. The standard InChI is InChI=1S/C13H20N2O/c1-4-15-13(16)9-14-8-12-6-10(2)5-11(3)7-12/h5-7,14H,4,8-9H2,1-3H3,(H,15,16). The molecule has 1 amide bonds. The highest BCUT2D eigenvalue weighted by Gasteiger charge is 1.99. The summed E-state index contributed by atoms with van der Waals surface area (Å²) >= 11 is 0. The first kappa shape index (κ1) is 12.7. The van der Waals surface area contributed by atoms with Crippen molar-refractivity contribution in [2.24, 2.45) is 0 Å². The van der Waals surface area contributed by atoms with Crippen molar-refractivity contribution < 1.29 is 4.79 Å². The summed E-state index contributed by atoms with van der Waals surface area (Å²) in [5.41, 5.74) is 3.74. The van der Waals surface area contributed by atoms with Crippen LogP contribution >= 0.6 is 0 Å². The van der Waals surface area contributed by atoms with Crippen molar-refractivity contribution in [2.45, 2.75) is 27.3 Å². The van der Waals surface area contributed by atoms with Gasteiger partial charge in [-0.3, -0.25) is 4.79 Å². The first-order valence-corrected chi connectivity index (χ1v) is 5.66. The number of hydrogen-bond acceptors (Lipinski definition) is 2. The number of hydrogen-bond donors (Lipinski definition) is 2. The van der Waals surface area contributed by atoms with Gasteiger partial charge in [0, 0.05) is 13.1 Å². The molecule has 1 aromatic carbocycles. The van der Waals surface area contributed by atoms with Crippen LogP contribution in [0.5, 0.6) is 0 Å². The second-order valence-electron chi connectivity index (χ2n) is 4.05. The zero-order valence-corrected chi connectivity index (χ0v) is 10.3. The van der Waals surface area contributed by atoms with E-state index in [1.54, 1.807) is 0 Å². The van der Waals surface area contributed by atoms with Crippen molar-refractivity contribution >= 4 is 5.91 Å². The highest BCUT2D eigenvalue weighted by atomic mass is 16.1. The number of carbonyl (C=O) groups excluding carboxylic acids is 1. The van der Waals surface area contributed by atoms with E-state index in [2.05, 4.69) is 42.7 Å². The topological polar surface area (TPSA) is 41.1 Å². The van der Waals surface area contributed by atoms with Crippen LogP contribution in [0, 0.1) is 13.8 Å². The van der Waals surface area contributed by atoms with Gasteiger partial charge in [-0.05, 0) is 26.3 Å². The molecule has 3 heteroatoms. The second kappa shape index (κ2) is 6.28. The summed E-state index contributed by atoms with van der Waals surface area (Å²) in [6.45, 7) is 7.88. The van der Waals surface area contributed by atoms with E-state index >= 15 is 0 Å². The molecular weight excluding hydrogens is 200 g/mol. The van der Waals surface area contributed by atoms with Crippen molar-refractivity contribution in [1.29, 1.82) is 0 Å². The quantitative estimate of drug-likeness (QED) is 0.790. The maximum atomic E-state index is 11.2. The summed E-state index contributed by atoms with van der Waals surface area (Å²) in [5, 5.41) is 5.88. The van der Waals surface area contributed by atoms with Crippen LogP contribution in [0.1, 0.15) is 23.6 Å². The Balaban J connectivity index is 2.40. The summed E-state index contributed by atoms with van der Waals surface area (Å²) in [6, 6.07) is 6.42. The van der Waals surface area contributed by atoms with Crippen molar-refractivity contribution in [3.05, 3.63) is 34.9 Å². The summed E-state index contributed by atoms with van der Waals surface area (Å²) < 4.78 is 0. The molecule has 0 bridgehead atoms. The summed E-state index contributed by atoms with van der Waals surface area (Å²) in [6.07, 6.45) is 0. The molecule has 0 unspecified atom stereocenters. The van der Waals surface area contributed by atoms with E-state index < -0.39 is 0 Å². The third-order valence-electron chi connectivity index (χ3n) is 2.27. The number of carbonyl (C=O) groups is 1. The number of rotatable bonds is 5. The normalized spacial score (nSPS) is 10.2. The van der Waals surface area contributed by atoms with Gasteiger partial charge >= 0.3 is 0 Å². The van der Waals surface area contributed by atoms with E-state index in [9.17, 15) is 4.79 Å². The van der Waals surface area contributed by atoms with Gasteiger partial charge in [-0.1, -0.05) is 29.3 Å². The van der Waals surface area contributed by atoms with Gasteiger partial charge in [0.1, 0.15) is 0 Å². The maximum absolute atomic E-state index is 11.2. The predicted molar refractivity (Wildman–Crippen MR) is 66.3 cm³/mol. The molecule has 1 rings (SSSR count). The fourth-order valence-corrected chi connectivity index (χ4v) is 1.75. The lowest BCUT2D eigenvalue weighted by Crippen LogP contribution is -2.33. The van der Waals surface area contributed by atoms with E-state index in [4.69, 9.17) is 0 Å². The van der Waals surface area contributed by atoms with Crippen LogP contribution in [0.2, 0.25) is 0 Å². The van der Waals surface area contributed by atoms with Gasteiger partial charge < -0.3 is 10.6 Å². The highest BCUT2D eigenvalue weighted by molar-refractivity contribution is 5.77. The molecule has 1 aromatic rings. The number of likely N-dealkylation sites (N-methyl/N-ethyl adjacent to an activating group) is 1. The molecule has 16 heavy (non-hydrogen) atoms. The van der Waals surface area contributed by atoms with Gasteiger partial charge in [-0.15, -0.1) is 0 Å². The van der Waals surface area contributed by atoms with Crippen LogP contribution < -0.4 is 10.6 Å². The van der Waals surface area contributed by atoms with E-state index in [0.29, 0.717) is 13.1 Å². The molecule has 0 heterocycles. The zero-order valence-electron chi connectivity index (χ0n) is 10.3. The Morgan fingerprint density at radius 3 is 2.38 bits per heavy atom. The van der Waals surface area contributed by atoms with Gasteiger partial charge in [-0.2, -0.15) is 0 Å². The van der Waals surface area contributed by atoms with Gasteiger partial charge in [0.05, 0.1) is 6.54 Å². The lowest BCUT2D eigenvalue weighted by Gasteiger charge is -2.07. The Kier molecular flexibility index (Phi) is 4.99. The SMILES string of the molecule is CCNC(=O)CNCc1cc(C)cc(C)c1. The van der Waals surface area contributed by atoms with Crippen molar-refractivity contribution in [3.8, 4) is 0 Å². The van der Waals surface area contributed by atoms with E-state index in [1.165, 1.54) is 16.7 Å².